The fourth-order valence-corrected chi connectivity index (χ4v) is 2.18. The number of carbonyl (C=O) groups excluding carboxylic acids is 4. The Morgan fingerprint density at radius 1 is 1.22 bits per heavy atom. The summed E-state index contributed by atoms with van der Waals surface area (Å²) in [6, 6.07) is 6.17. The van der Waals surface area contributed by atoms with Gasteiger partial charge >= 0.3 is 6.03 Å². The van der Waals surface area contributed by atoms with Crippen LogP contribution in [0.4, 0.5) is 4.79 Å². The maximum Gasteiger partial charge on any atom is 0.324 e. The molecule has 23 heavy (non-hydrogen) atoms. The Morgan fingerprint density at radius 2 is 1.96 bits per heavy atom. The van der Waals surface area contributed by atoms with Crippen LogP contribution >= 0.6 is 0 Å². The highest BCUT2D eigenvalue weighted by Gasteiger charge is 2.29. The Balaban J connectivity index is 2.08. The van der Waals surface area contributed by atoms with Gasteiger partial charge in [0, 0.05) is 12.1 Å². The molecule has 0 bridgehead atoms. The molecule has 2 rings (SSSR count). The van der Waals surface area contributed by atoms with Crippen molar-refractivity contribution in [3.63, 3.8) is 0 Å². The van der Waals surface area contributed by atoms with E-state index in [1.807, 2.05) is 0 Å². The zero-order valence-corrected chi connectivity index (χ0v) is 12.7. The lowest BCUT2D eigenvalue weighted by molar-refractivity contribution is -0.125. The number of urea groups is 1. The average molecular weight is 318 g/mol. The average Bonchev–Trinajstić information content (AvgIpc) is 2.85. The second-order valence-corrected chi connectivity index (χ2v) is 4.93. The Hall–Kier alpha value is -2.90. The monoisotopic (exact) mass is 318 g/mol. The largest absolute Gasteiger partial charge is 0.355 e. The predicted molar refractivity (Wildman–Crippen MR) is 81.4 cm³/mol. The van der Waals surface area contributed by atoms with Crippen molar-refractivity contribution in [1.29, 1.82) is 0 Å². The standard InChI is InChI=1S/C15H18N4O4/c1-2-16-12(20)7-17-14(22)11-6-4-3-5-10(11)9-19-13(21)8-18-15(19)23/h3-6H,2,7-9H2,1H3,(H,16,20)(H,17,22)(H,18,23). The van der Waals surface area contributed by atoms with Crippen LogP contribution in [-0.2, 0) is 16.1 Å². The number of hydrogen-bond acceptors (Lipinski definition) is 4. The van der Waals surface area contributed by atoms with Gasteiger partial charge in [0.1, 0.15) is 0 Å². The molecule has 0 unspecified atom stereocenters. The molecule has 0 aromatic heterocycles. The van der Waals surface area contributed by atoms with Gasteiger partial charge in [0.15, 0.2) is 0 Å². The first-order valence-electron chi connectivity index (χ1n) is 7.24. The lowest BCUT2D eigenvalue weighted by atomic mass is 10.1. The maximum atomic E-state index is 12.2. The zero-order valence-electron chi connectivity index (χ0n) is 12.7. The van der Waals surface area contributed by atoms with Crippen molar-refractivity contribution in [3.05, 3.63) is 35.4 Å². The van der Waals surface area contributed by atoms with Crippen molar-refractivity contribution in [2.24, 2.45) is 0 Å². The lowest BCUT2D eigenvalue weighted by Crippen LogP contribution is -2.37. The van der Waals surface area contributed by atoms with Crippen LogP contribution < -0.4 is 16.0 Å². The highest BCUT2D eigenvalue weighted by Crippen LogP contribution is 2.14. The smallest absolute Gasteiger partial charge is 0.324 e. The second-order valence-electron chi connectivity index (χ2n) is 4.93. The van der Waals surface area contributed by atoms with Crippen LogP contribution in [-0.4, -0.2) is 48.3 Å². The van der Waals surface area contributed by atoms with Crippen LogP contribution in [0.2, 0.25) is 0 Å². The minimum absolute atomic E-state index is 0.00934. The number of benzene rings is 1. The molecular weight excluding hydrogens is 300 g/mol. The van der Waals surface area contributed by atoms with Gasteiger partial charge in [0.05, 0.1) is 19.6 Å². The summed E-state index contributed by atoms with van der Waals surface area (Å²) in [5.74, 6) is -1.06. The molecule has 0 radical (unpaired) electrons. The molecule has 8 heteroatoms. The van der Waals surface area contributed by atoms with E-state index in [1.165, 1.54) is 0 Å². The zero-order chi connectivity index (χ0) is 16.8. The molecule has 0 saturated carbocycles. The van der Waals surface area contributed by atoms with Crippen molar-refractivity contribution < 1.29 is 19.2 Å². The normalized spacial score (nSPS) is 13.7. The van der Waals surface area contributed by atoms with Crippen molar-refractivity contribution in [1.82, 2.24) is 20.9 Å². The Labute approximate surface area is 133 Å². The van der Waals surface area contributed by atoms with Gasteiger partial charge in [0.2, 0.25) is 11.8 Å². The first kappa shape index (κ1) is 16.5. The van der Waals surface area contributed by atoms with E-state index in [-0.39, 0.29) is 31.4 Å². The molecule has 1 aromatic rings. The van der Waals surface area contributed by atoms with E-state index < -0.39 is 11.9 Å². The number of nitrogens with zero attached hydrogens (tertiary/aromatic N) is 1. The summed E-state index contributed by atoms with van der Waals surface area (Å²) in [6.45, 7) is 2.11. The molecule has 0 aliphatic carbocycles. The molecule has 1 aliphatic heterocycles. The SMILES string of the molecule is CCNC(=O)CNC(=O)c1ccccc1CN1C(=O)CNC1=O. The third-order valence-electron chi connectivity index (χ3n) is 3.31. The summed E-state index contributed by atoms with van der Waals surface area (Å²) in [5.41, 5.74) is 0.857. The summed E-state index contributed by atoms with van der Waals surface area (Å²) >= 11 is 0. The lowest BCUT2D eigenvalue weighted by Gasteiger charge is -2.15. The molecule has 5 amide bonds. The summed E-state index contributed by atoms with van der Waals surface area (Å²) in [5, 5.41) is 7.52. The maximum absolute atomic E-state index is 12.2. The number of hydrogen-bond donors (Lipinski definition) is 3. The van der Waals surface area contributed by atoms with E-state index in [0.717, 1.165) is 4.90 Å². The van der Waals surface area contributed by atoms with Crippen LogP contribution in [0.1, 0.15) is 22.8 Å². The third kappa shape index (κ3) is 4.06. The molecule has 3 N–H and O–H groups in total. The molecule has 1 aliphatic rings. The van der Waals surface area contributed by atoms with Crippen molar-refractivity contribution >= 4 is 23.8 Å². The summed E-state index contributed by atoms with van der Waals surface area (Å²) in [7, 11) is 0. The number of amides is 5. The number of imide groups is 1. The van der Waals surface area contributed by atoms with Crippen LogP contribution in [0.15, 0.2) is 24.3 Å². The van der Waals surface area contributed by atoms with E-state index in [4.69, 9.17) is 0 Å². The predicted octanol–water partition coefficient (Wildman–Crippen LogP) is -0.396. The summed E-state index contributed by atoms with van der Waals surface area (Å²) in [4.78, 5) is 47.9. The number of nitrogens with one attached hydrogen (secondary N) is 3. The second kappa shape index (κ2) is 7.39. The molecule has 1 saturated heterocycles. The van der Waals surface area contributed by atoms with E-state index in [2.05, 4.69) is 16.0 Å². The topological polar surface area (TPSA) is 108 Å². The quantitative estimate of drug-likeness (QED) is 0.621. The number of likely N-dealkylation sites (N-methyl/N-ethyl adjacent to an activating group) is 1. The van der Waals surface area contributed by atoms with E-state index in [0.29, 0.717) is 17.7 Å². The van der Waals surface area contributed by atoms with Gasteiger partial charge in [-0.3, -0.25) is 19.3 Å². The molecule has 122 valence electrons. The Morgan fingerprint density at radius 3 is 2.61 bits per heavy atom. The van der Waals surface area contributed by atoms with Crippen molar-refractivity contribution in [2.45, 2.75) is 13.5 Å². The molecule has 1 heterocycles. The third-order valence-corrected chi connectivity index (χ3v) is 3.31. The Kier molecular flexibility index (Phi) is 5.29. The van der Waals surface area contributed by atoms with E-state index >= 15 is 0 Å². The molecule has 0 spiro atoms. The Bertz CT molecular complexity index is 628. The van der Waals surface area contributed by atoms with Crippen LogP contribution in [0.3, 0.4) is 0 Å². The fraction of sp³-hybridized carbons (Fsp3) is 0.333. The van der Waals surface area contributed by atoms with Gasteiger partial charge in [-0.15, -0.1) is 0 Å². The summed E-state index contributed by atoms with van der Waals surface area (Å²) < 4.78 is 0. The van der Waals surface area contributed by atoms with Gasteiger partial charge < -0.3 is 16.0 Å². The molecule has 0 atom stereocenters. The summed E-state index contributed by atoms with van der Waals surface area (Å²) in [6.07, 6.45) is 0. The van der Waals surface area contributed by atoms with Gasteiger partial charge in [-0.05, 0) is 18.6 Å². The highest BCUT2D eigenvalue weighted by atomic mass is 16.2. The van der Waals surface area contributed by atoms with Gasteiger partial charge in [-0.2, -0.15) is 0 Å². The minimum Gasteiger partial charge on any atom is -0.355 e. The molecule has 1 fully saturated rings. The van der Waals surface area contributed by atoms with E-state index in [1.54, 1.807) is 31.2 Å². The van der Waals surface area contributed by atoms with Crippen LogP contribution in [0.5, 0.6) is 0 Å². The first-order chi connectivity index (χ1) is 11.0. The number of carbonyl (C=O) groups is 4. The fourth-order valence-electron chi connectivity index (χ4n) is 2.18. The van der Waals surface area contributed by atoms with Crippen molar-refractivity contribution in [3.8, 4) is 0 Å². The first-order valence-corrected chi connectivity index (χ1v) is 7.24. The van der Waals surface area contributed by atoms with Crippen LogP contribution in [0, 0.1) is 0 Å². The molecule has 1 aromatic carbocycles. The highest BCUT2D eigenvalue weighted by molar-refractivity contribution is 6.02. The van der Waals surface area contributed by atoms with Gasteiger partial charge in [-0.1, -0.05) is 18.2 Å². The van der Waals surface area contributed by atoms with Gasteiger partial charge in [-0.25, -0.2) is 4.79 Å². The van der Waals surface area contributed by atoms with Gasteiger partial charge in [0.25, 0.3) is 5.91 Å². The number of rotatable bonds is 6. The molecule has 8 nitrogen and oxygen atoms in total. The molecular formula is C15H18N4O4. The van der Waals surface area contributed by atoms with E-state index in [9.17, 15) is 19.2 Å². The van der Waals surface area contributed by atoms with Crippen LogP contribution in [0.25, 0.3) is 0 Å². The van der Waals surface area contributed by atoms with Crippen molar-refractivity contribution in [2.75, 3.05) is 19.6 Å². The minimum atomic E-state index is -0.479.